The summed E-state index contributed by atoms with van der Waals surface area (Å²) >= 11 is 1.19. The molecule has 0 spiro atoms. The Hall–Kier alpha value is -2.62. The molecule has 0 bridgehead atoms. The van der Waals surface area contributed by atoms with Gasteiger partial charge in [0.2, 0.25) is 16.9 Å². The van der Waals surface area contributed by atoms with Gasteiger partial charge in [-0.3, -0.25) is 14.9 Å². The smallest absolute Gasteiger partial charge is 0.387 e. The highest BCUT2D eigenvalue weighted by Gasteiger charge is 2.36. The summed E-state index contributed by atoms with van der Waals surface area (Å²) in [7, 11) is 0. The monoisotopic (exact) mass is 368 g/mol. The van der Waals surface area contributed by atoms with Crippen molar-refractivity contribution >= 4 is 28.3 Å². The van der Waals surface area contributed by atoms with Gasteiger partial charge in [0, 0.05) is 13.0 Å². The molecule has 3 rings (SSSR count). The van der Waals surface area contributed by atoms with Crippen LogP contribution in [-0.4, -0.2) is 39.6 Å². The molecule has 1 saturated heterocycles. The van der Waals surface area contributed by atoms with Crippen molar-refractivity contribution < 1.29 is 23.1 Å². The molecule has 1 unspecified atom stereocenters. The Morgan fingerprint density at radius 3 is 2.80 bits per heavy atom. The lowest BCUT2D eigenvalue weighted by molar-refractivity contribution is -0.133. The van der Waals surface area contributed by atoms with E-state index in [1.165, 1.54) is 33.9 Å². The van der Waals surface area contributed by atoms with Crippen molar-refractivity contribution in [3.05, 3.63) is 35.3 Å². The molecule has 1 aromatic heterocycles. The van der Waals surface area contributed by atoms with E-state index in [0.717, 1.165) is 0 Å². The first-order valence-corrected chi connectivity index (χ1v) is 8.31. The first-order chi connectivity index (χ1) is 12.0. The Balaban J connectivity index is 1.66. The highest BCUT2D eigenvalue weighted by Crippen LogP contribution is 2.24. The van der Waals surface area contributed by atoms with Crippen LogP contribution in [0.2, 0.25) is 0 Å². The molecule has 1 fully saturated rings. The van der Waals surface area contributed by atoms with Crippen molar-refractivity contribution in [2.75, 3.05) is 5.32 Å². The van der Waals surface area contributed by atoms with Crippen molar-refractivity contribution in [1.29, 1.82) is 0 Å². The third kappa shape index (κ3) is 4.27. The summed E-state index contributed by atoms with van der Waals surface area (Å²) in [4.78, 5) is 25.9. The number of alkyl halides is 2. The third-order valence-corrected chi connectivity index (χ3v) is 4.33. The average molecular weight is 368 g/mol. The molecular formula is C15H14F2N4O3S. The van der Waals surface area contributed by atoms with Crippen molar-refractivity contribution in [3.8, 4) is 5.75 Å². The van der Waals surface area contributed by atoms with E-state index in [1.807, 2.05) is 0 Å². The van der Waals surface area contributed by atoms with E-state index in [4.69, 9.17) is 0 Å². The predicted molar refractivity (Wildman–Crippen MR) is 85.2 cm³/mol. The molecule has 1 aliphatic rings. The van der Waals surface area contributed by atoms with Crippen LogP contribution < -0.4 is 10.1 Å². The zero-order chi connectivity index (χ0) is 17.8. The minimum Gasteiger partial charge on any atom is -0.435 e. The summed E-state index contributed by atoms with van der Waals surface area (Å²) in [6.07, 6.45) is 0.691. The van der Waals surface area contributed by atoms with Crippen LogP contribution in [0.3, 0.4) is 0 Å². The zero-order valence-corrected chi connectivity index (χ0v) is 13.7. The van der Waals surface area contributed by atoms with Crippen molar-refractivity contribution in [1.82, 2.24) is 15.1 Å². The molecule has 132 valence electrons. The number of halogens is 2. The third-order valence-electron chi connectivity index (χ3n) is 3.72. The number of rotatable bonds is 6. The highest BCUT2D eigenvalue weighted by atomic mass is 32.1. The first-order valence-electron chi connectivity index (χ1n) is 7.43. The molecule has 2 aromatic rings. The van der Waals surface area contributed by atoms with Crippen molar-refractivity contribution in [2.45, 2.75) is 32.0 Å². The average Bonchev–Trinajstić information content (AvgIpc) is 3.19. The highest BCUT2D eigenvalue weighted by molar-refractivity contribution is 7.13. The van der Waals surface area contributed by atoms with Gasteiger partial charge in [0.1, 0.15) is 17.3 Å². The Kier molecular flexibility index (Phi) is 5.17. The molecule has 25 heavy (non-hydrogen) atoms. The second kappa shape index (κ2) is 7.51. The number of carbonyl (C=O) groups is 2. The van der Waals surface area contributed by atoms with E-state index in [1.54, 1.807) is 12.1 Å². The number of hydrogen-bond donors (Lipinski definition) is 1. The van der Waals surface area contributed by atoms with Crippen LogP contribution in [0.15, 0.2) is 29.8 Å². The number of amides is 2. The van der Waals surface area contributed by atoms with Gasteiger partial charge in [-0.2, -0.15) is 8.78 Å². The fourth-order valence-corrected chi connectivity index (χ4v) is 3.04. The van der Waals surface area contributed by atoms with Crippen LogP contribution in [0.25, 0.3) is 0 Å². The number of likely N-dealkylation sites (tertiary alicyclic amines) is 1. The second-order valence-corrected chi connectivity index (χ2v) is 6.16. The van der Waals surface area contributed by atoms with Gasteiger partial charge in [-0.15, -0.1) is 10.2 Å². The maximum atomic E-state index is 12.4. The van der Waals surface area contributed by atoms with Gasteiger partial charge < -0.3 is 9.64 Å². The lowest BCUT2D eigenvalue weighted by Gasteiger charge is -2.23. The maximum Gasteiger partial charge on any atom is 0.387 e. The molecule has 0 saturated carbocycles. The van der Waals surface area contributed by atoms with Crippen molar-refractivity contribution in [3.63, 3.8) is 0 Å². The van der Waals surface area contributed by atoms with Gasteiger partial charge in [-0.1, -0.05) is 23.5 Å². The normalized spacial score (nSPS) is 17.2. The predicted octanol–water partition coefficient (Wildman–Crippen LogP) is 2.27. The van der Waals surface area contributed by atoms with Gasteiger partial charge in [-0.05, 0) is 24.1 Å². The molecule has 1 aromatic carbocycles. The zero-order valence-electron chi connectivity index (χ0n) is 12.9. The SMILES string of the molecule is O=C(Nc1nncs1)C1CCC(=O)N1Cc1ccc(OC(F)F)cc1. The van der Waals surface area contributed by atoms with Crippen LogP contribution >= 0.6 is 11.3 Å². The van der Waals surface area contributed by atoms with E-state index in [0.29, 0.717) is 17.1 Å². The number of ether oxygens (including phenoxy) is 1. The second-order valence-electron chi connectivity index (χ2n) is 5.33. The number of nitrogens with one attached hydrogen (secondary N) is 1. The minimum atomic E-state index is -2.89. The summed E-state index contributed by atoms with van der Waals surface area (Å²) in [6, 6.07) is 5.37. The maximum absolute atomic E-state index is 12.4. The molecule has 10 heteroatoms. The fourth-order valence-electron chi connectivity index (χ4n) is 2.59. The quantitative estimate of drug-likeness (QED) is 0.846. The summed E-state index contributed by atoms with van der Waals surface area (Å²) < 4.78 is 28.6. The van der Waals surface area contributed by atoms with E-state index in [2.05, 4.69) is 20.3 Å². The molecule has 0 aliphatic carbocycles. The molecule has 7 nitrogen and oxygen atoms in total. The number of aromatic nitrogens is 2. The van der Waals surface area contributed by atoms with Gasteiger partial charge in [0.25, 0.3) is 0 Å². The molecule has 2 heterocycles. The largest absolute Gasteiger partial charge is 0.435 e. The van der Waals surface area contributed by atoms with E-state index >= 15 is 0 Å². The molecule has 1 aliphatic heterocycles. The molecule has 1 N–H and O–H groups in total. The summed E-state index contributed by atoms with van der Waals surface area (Å²) in [5, 5.41) is 10.4. The summed E-state index contributed by atoms with van der Waals surface area (Å²) in [5.41, 5.74) is 2.21. The topological polar surface area (TPSA) is 84.4 Å². The summed E-state index contributed by atoms with van der Waals surface area (Å²) in [6.45, 7) is -2.68. The van der Waals surface area contributed by atoms with Crippen LogP contribution in [0, 0.1) is 0 Å². The number of benzene rings is 1. The Morgan fingerprint density at radius 2 is 2.16 bits per heavy atom. The van der Waals surface area contributed by atoms with Crippen LogP contribution in [-0.2, 0) is 16.1 Å². The minimum absolute atomic E-state index is 0.0389. The van der Waals surface area contributed by atoms with Crippen LogP contribution in [0.4, 0.5) is 13.9 Å². The number of anilines is 1. The number of nitrogens with zero attached hydrogens (tertiary/aromatic N) is 3. The first kappa shape index (κ1) is 17.2. The lowest BCUT2D eigenvalue weighted by atomic mass is 10.1. The van der Waals surface area contributed by atoms with Gasteiger partial charge in [-0.25, -0.2) is 0 Å². The Morgan fingerprint density at radius 1 is 1.40 bits per heavy atom. The Labute approximate surface area is 145 Å². The van der Waals surface area contributed by atoms with Gasteiger partial charge >= 0.3 is 6.61 Å². The van der Waals surface area contributed by atoms with Crippen molar-refractivity contribution in [2.24, 2.45) is 0 Å². The number of carbonyl (C=O) groups excluding carboxylic acids is 2. The standard InChI is InChI=1S/C15H14F2N4O3S/c16-14(17)24-10-3-1-9(2-4-10)7-21-11(5-6-12(21)22)13(23)19-15-20-18-8-25-15/h1-4,8,11,14H,5-7H2,(H,19,20,23). The van der Waals surface area contributed by atoms with Gasteiger partial charge in [0.05, 0.1) is 0 Å². The summed E-state index contributed by atoms with van der Waals surface area (Å²) in [5.74, 6) is -0.414. The lowest BCUT2D eigenvalue weighted by Crippen LogP contribution is -2.41. The Bertz CT molecular complexity index is 740. The van der Waals surface area contributed by atoms with E-state index < -0.39 is 12.7 Å². The molecular weight excluding hydrogens is 354 g/mol. The number of hydrogen-bond acceptors (Lipinski definition) is 6. The fraction of sp³-hybridized carbons (Fsp3) is 0.333. The van der Waals surface area contributed by atoms with Crippen LogP contribution in [0.1, 0.15) is 18.4 Å². The molecule has 0 radical (unpaired) electrons. The molecule has 2 amide bonds. The van der Waals surface area contributed by atoms with Gasteiger partial charge in [0.15, 0.2) is 0 Å². The van der Waals surface area contributed by atoms with E-state index in [9.17, 15) is 18.4 Å². The molecule has 1 atom stereocenters. The van der Waals surface area contributed by atoms with Crippen LogP contribution in [0.5, 0.6) is 5.75 Å². The van der Waals surface area contributed by atoms with E-state index in [-0.39, 0.29) is 30.5 Å².